The Kier molecular flexibility index (Phi) is 3.27. The summed E-state index contributed by atoms with van der Waals surface area (Å²) in [6.07, 6.45) is 7.94. The van der Waals surface area contributed by atoms with Crippen molar-refractivity contribution in [1.82, 2.24) is 0 Å². The molecule has 1 saturated carbocycles. The predicted octanol–water partition coefficient (Wildman–Crippen LogP) is -0.610. The van der Waals surface area contributed by atoms with Gasteiger partial charge in [-0.15, -0.1) is 0 Å². The number of allylic oxidation sites excluding steroid dienone is 2. The van der Waals surface area contributed by atoms with Crippen molar-refractivity contribution in [2.75, 3.05) is 32.7 Å². The van der Waals surface area contributed by atoms with Crippen molar-refractivity contribution in [3.8, 4) is 0 Å². The average molecular weight is 236 g/mol. The lowest BCUT2D eigenvalue weighted by Gasteiger charge is -2.34. The second-order valence-corrected chi connectivity index (χ2v) is 6.81. The van der Waals surface area contributed by atoms with Crippen molar-refractivity contribution in [3.05, 3.63) is 12.2 Å². The molecule has 0 amide bonds. The first kappa shape index (κ1) is 11.7. The summed E-state index contributed by atoms with van der Waals surface area (Å²) in [5, 5.41) is 0. The Morgan fingerprint density at radius 2 is 1.82 bits per heavy atom. The minimum atomic E-state index is 0.821. The van der Waals surface area contributed by atoms with E-state index in [-0.39, 0.29) is 0 Å². The van der Waals surface area contributed by atoms with Crippen molar-refractivity contribution < 1.29 is 9.80 Å². The Balaban J connectivity index is 1.47. The molecule has 1 aliphatic heterocycles. The van der Waals surface area contributed by atoms with Gasteiger partial charge in [0, 0.05) is 5.92 Å². The maximum atomic E-state index is 2.51. The van der Waals surface area contributed by atoms with E-state index in [0.29, 0.717) is 0 Å². The van der Waals surface area contributed by atoms with Gasteiger partial charge in [0.2, 0.25) is 0 Å². The molecule has 0 aromatic rings. The summed E-state index contributed by atoms with van der Waals surface area (Å²) in [6, 6.07) is 0.821. The Hall–Kier alpha value is -0.340. The standard InChI is InChI=1S/C15H26N2/c1-12(2)17-7-5-16(6-8-17)11-15-10-13-3-4-14(15)9-13/h3-4,12-15H,5-11H2,1-2H3/p+2/t13-,14+,15+/m1/s1. The molecule has 2 N–H and O–H groups in total. The summed E-state index contributed by atoms with van der Waals surface area (Å²) in [5.74, 6) is 2.91. The molecule has 96 valence electrons. The molecule has 2 nitrogen and oxygen atoms in total. The summed E-state index contributed by atoms with van der Waals surface area (Å²) in [7, 11) is 0. The molecule has 1 saturated heterocycles. The Morgan fingerprint density at radius 1 is 1.06 bits per heavy atom. The Morgan fingerprint density at radius 3 is 2.35 bits per heavy atom. The maximum Gasteiger partial charge on any atom is 0.127 e. The highest BCUT2D eigenvalue weighted by molar-refractivity contribution is 5.09. The van der Waals surface area contributed by atoms with Crippen LogP contribution in [0, 0.1) is 17.8 Å². The van der Waals surface area contributed by atoms with Gasteiger partial charge in [-0.05, 0) is 38.5 Å². The number of hydrogen-bond donors (Lipinski definition) is 2. The zero-order valence-corrected chi connectivity index (χ0v) is 11.4. The van der Waals surface area contributed by atoms with E-state index in [2.05, 4.69) is 26.0 Å². The quantitative estimate of drug-likeness (QED) is 0.605. The highest BCUT2D eigenvalue weighted by Crippen LogP contribution is 2.42. The van der Waals surface area contributed by atoms with Crippen molar-refractivity contribution in [1.29, 1.82) is 0 Å². The van der Waals surface area contributed by atoms with Crippen LogP contribution in [0.25, 0.3) is 0 Å². The number of rotatable bonds is 3. The van der Waals surface area contributed by atoms with Gasteiger partial charge in [-0.2, -0.15) is 0 Å². The van der Waals surface area contributed by atoms with Crippen LogP contribution < -0.4 is 9.80 Å². The average Bonchev–Trinajstić information content (AvgIpc) is 2.91. The van der Waals surface area contributed by atoms with Crippen molar-refractivity contribution >= 4 is 0 Å². The van der Waals surface area contributed by atoms with Gasteiger partial charge in [-0.3, -0.25) is 0 Å². The topological polar surface area (TPSA) is 8.88 Å². The first-order valence-electron chi connectivity index (χ1n) is 7.59. The van der Waals surface area contributed by atoms with Gasteiger partial charge in [0.15, 0.2) is 0 Å². The molecular weight excluding hydrogens is 208 g/mol. The summed E-state index contributed by atoms with van der Waals surface area (Å²) < 4.78 is 0. The first-order valence-corrected chi connectivity index (χ1v) is 7.59. The van der Waals surface area contributed by atoms with E-state index < -0.39 is 0 Å². The zero-order valence-electron chi connectivity index (χ0n) is 11.4. The van der Waals surface area contributed by atoms with Crippen molar-refractivity contribution in [2.24, 2.45) is 17.8 Å². The molecule has 2 aliphatic carbocycles. The summed E-state index contributed by atoms with van der Waals surface area (Å²) in [4.78, 5) is 3.71. The SMILES string of the molecule is CC(C)[NH+]1CC[NH+](C[C@@H]2C[C@@H]3C=C[C@H]2C3)CC1. The maximum absolute atomic E-state index is 2.51. The van der Waals surface area contributed by atoms with Crippen molar-refractivity contribution in [2.45, 2.75) is 32.7 Å². The second-order valence-electron chi connectivity index (χ2n) is 6.81. The van der Waals surface area contributed by atoms with E-state index in [1.54, 1.807) is 0 Å². The van der Waals surface area contributed by atoms with Gasteiger partial charge in [0.25, 0.3) is 0 Å². The molecule has 0 aromatic heterocycles. The molecule has 1 heterocycles. The zero-order chi connectivity index (χ0) is 11.8. The van der Waals surface area contributed by atoms with E-state index >= 15 is 0 Å². The lowest BCUT2D eigenvalue weighted by atomic mass is 9.93. The minimum Gasteiger partial charge on any atom is -0.325 e. The lowest BCUT2D eigenvalue weighted by Crippen LogP contribution is -3.29. The lowest BCUT2D eigenvalue weighted by molar-refractivity contribution is -1.02. The fraction of sp³-hybridized carbons (Fsp3) is 0.867. The highest BCUT2D eigenvalue weighted by Gasteiger charge is 2.38. The van der Waals surface area contributed by atoms with Crippen LogP contribution in [-0.2, 0) is 0 Å². The molecule has 3 rings (SSSR count). The Bertz CT molecular complexity index is 289. The Labute approximate surface area is 106 Å². The second kappa shape index (κ2) is 4.74. The molecule has 0 spiro atoms. The van der Waals surface area contributed by atoms with Gasteiger partial charge in [0.1, 0.15) is 26.2 Å². The summed E-state index contributed by atoms with van der Waals surface area (Å²) in [6.45, 7) is 11.8. The molecule has 0 unspecified atom stereocenters. The number of hydrogen-bond acceptors (Lipinski definition) is 0. The summed E-state index contributed by atoms with van der Waals surface area (Å²) >= 11 is 0. The number of nitrogens with one attached hydrogen (secondary N) is 2. The summed E-state index contributed by atoms with van der Waals surface area (Å²) in [5.41, 5.74) is 0. The van der Waals surface area contributed by atoms with Gasteiger partial charge < -0.3 is 9.80 Å². The van der Waals surface area contributed by atoms with Crippen LogP contribution in [0.4, 0.5) is 0 Å². The van der Waals surface area contributed by atoms with Crippen LogP contribution >= 0.6 is 0 Å². The molecule has 17 heavy (non-hydrogen) atoms. The number of quaternary nitrogens is 2. The third-order valence-corrected chi connectivity index (χ3v) is 5.38. The normalized spacial score (nSPS) is 44.8. The fourth-order valence-corrected chi connectivity index (χ4v) is 4.21. The van der Waals surface area contributed by atoms with E-state index in [9.17, 15) is 0 Å². The first-order chi connectivity index (χ1) is 8.22. The van der Waals surface area contributed by atoms with Crippen LogP contribution in [0.15, 0.2) is 12.2 Å². The third kappa shape index (κ3) is 2.43. The van der Waals surface area contributed by atoms with Crippen LogP contribution in [0.1, 0.15) is 26.7 Å². The van der Waals surface area contributed by atoms with Crippen LogP contribution in [0.3, 0.4) is 0 Å². The molecule has 0 radical (unpaired) electrons. The fourth-order valence-electron chi connectivity index (χ4n) is 4.21. The van der Waals surface area contributed by atoms with E-state index in [4.69, 9.17) is 0 Å². The van der Waals surface area contributed by atoms with Crippen LogP contribution in [0.2, 0.25) is 0 Å². The molecule has 3 atom stereocenters. The third-order valence-electron chi connectivity index (χ3n) is 5.38. The van der Waals surface area contributed by atoms with E-state index in [1.807, 2.05) is 9.80 Å². The minimum absolute atomic E-state index is 0.821. The van der Waals surface area contributed by atoms with Gasteiger partial charge in [0.05, 0.1) is 12.6 Å². The molecule has 2 bridgehead atoms. The predicted molar refractivity (Wildman–Crippen MR) is 70.2 cm³/mol. The largest absolute Gasteiger partial charge is 0.325 e. The van der Waals surface area contributed by atoms with E-state index in [0.717, 1.165) is 23.8 Å². The highest BCUT2D eigenvalue weighted by atomic mass is 15.3. The molecular formula is C15H28N2+2. The number of fused-ring (bicyclic) bond motifs is 2. The van der Waals surface area contributed by atoms with Crippen LogP contribution in [0.5, 0.6) is 0 Å². The smallest absolute Gasteiger partial charge is 0.127 e. The van der Waals surface area contributed by atoms with Gasteiger partial charge in [-0.1, -0.05) is 12.2 Å². The van der Waals surface area contributed by atoms with Gasteiger partial charge in [-0.25, -0.2) is 0 Å². The molecule has 2 fully saturated rings. The molecule has 3 aliphatic rings. The number of piperazine rings is 1. The van der Waals surface area contributed by atoms with Crippen molar-refractivity contribution in [3.63, 3.8) is 0 Å². The molecule has 0 aromatic carbocycles. The monoisotopic (exact) mass is 236 g/mol. The van der Waals surface area contributed by atoms with E-state index in [1.165, 1.54) is 45.6 Å². The van der Waals surface area contributed by atoms with Crippen LogP contribution in [-0.4, -0.2) is 38.8 Å². The van der Waals surface area contributed by atoms with Gasteiger partial charge >= 0.3 is 0 Å². The molecule has 2 heteroatoms.